The summed E-state index contributed by atoms with van der Waals surface area (Å²) >= 11 is 0. The number of fused-ring (bicyclic) bond motifs is 2. The molecule has 0 atom stereocenters. The molecule has 0 radical (unpaired) electrons. The van der Waals surface area contributed by atoms with E-state index in [1.54, 1.807) is 0 Å². The van der Waals surface area contributed by atoms with Crippen LogP contribution in [0, 0.1) is 6.92 Å². The third-order valence-electron chi connectivity index (χ3n) is 7.05. The predicted molar refractivity (Wildman–Crippen MR) is 153 cm³/mol. The summed E-state index contributed by atoms with van der Waals surface area (Å²) in [4.78, 5) is 0.876. The van der Waals surface area contributed by atoms with E-state index in [1.165, 1.54) is 6.07 Å². The Morgan fingerprint density at radius 3 is 2.05 bits per heavy atom. The van der Waals surface area contributed by atoms with Crippen molar-refractivity contribution in [1.29, 1.82) is 0 Å². The molecule has 2 aliphatic rings. The van der Waals surface area contributed by atoms with Gasteiger partial charge in [-0.1, -0.05) is 6.07 Å². The van der Waals surface area contributed by atoms with Crippen LogP contribution in [0.5, 0.6) is 0 Å². The average molecular weight is 574 g/mol. The first kappa shape index (κ1) is 28.8. The van der Waals surface area contributed by atoms with Crippen LogP contribution in [0.1, 0.15) is 33.3 Å². The van der Waals surface area contributed by atoms with E-state index >= 15 is 0 Å². The lowest BCUT2D eigenvalue weighted by Crippen LogP contribution is -2.31. The van der Waals surface area contributed by atoms with Crippen LogP contribution in [-0.4, -0.2) is 52.1 Å². The van der Waals surface area contributed by atoms with Gasteiger partial charge in [0, 0.05) is 52.5 Å². The molecule has 9 nitrogen and oxygen atoms in total. The lowest BCUT2D eigenvalue weighted by atomic mass is 9.92. The lowest BCUT2D eigenvalue weighted by molar-refractivity contribution is 0.481. The van der Waals surface area contributed by atoms with Gasteiger partial charge in [-0.05, 0) is 65.0 Å². The Morgan fingerprint density at radius 1 is 0.821 bits per heavy atom. The summed E-state index contributed by atoms with van der Waals surface area (Å²) < 4.78 is 77.0. The van der Waals surface area contributed by atoms with Gasteiger partial charge in [0.05, 0.1) is 11.0 Å². The first-order valence-electron chi connectivity index (χ1n) is 12.8. The maximum atomic E-state index is 12.5. The van der Waals surface area contributed by atoms with Crippen molar-refractivity contribution in [3.8, 4) is 22.5 Å². The van der Waals surface area contributed by atoms with Crippen molar-refractivity contribution in [2.24, 2.45) is 0 Å². The molecule has 2 aromatic carbocycles. The quantitative estimate of drug-likeness (QED) is 0.177. The van der Waals surface area contributed by atoms with Crippen molar-refractivity contribution in [3.05, 3.63) is 59.5 Å². The van der Waals surface area contributed by atoms with Crippen LogP contribution in [0.4, 0.5) is 5.69 Å². The maximum absolute atomic E-state index is 12.5. The Kier molecular flexibility index (Phi) is 7.91. The Bertz CT molecular complexity index is 1810. The fraction of sp³-hybridized carbons (Fsp3) is 0.321. The molecule has 0 aromatic heterocycles. The summed E-state index contributed by atoms with van der Waals surface area (Å²) in [5.41, 5.74) is 3.49. The van der Waals surface area contributed by atoms with Crippen LogP contribution >= 0.6 is 0 Å². The lowest BCUT2D eigenvalue weighted by Gasteiger charge is -2.23. The first-order valence-corrected chi connectivity index (χ1v) is 15.6. The third-order valence-corrected chi connectivity index (χ3v) is 8.80. The second-order valence-electron chi connectivity index (χ2n) is 9.25. The van der Waals surface area contributed by atoms with Crippen molar-refractivity contribution < 1.29 is 30.4 Å². The molecule has 0 saturated carbocycles. The van der Waals surface area contributed by atoms with Crippen molar-refractivity contribution >= 4 is 36.9 Å². The second kappa shape index (κ2) is 10.7. The molecule has 0 fully saturated rings. The standard InChI is InChI=1S/C28H32N2O7S2/c1-6-29(7-2)19-10-12-21-25(15-19)37-26-17-24(30(8-3)9-4)18(5)14-23(26)28(21)22-13-11-20(38(31,32)33)16-27(22)39(34,35)36/h10-17H,6-9H2,1-5H3,(H-,31,32,33,34,35,36)/p+1. The molecule has 0 bridgehead atoms. The van der Waals surface area contributed by atoms with Gasteiger partial charge in [0.1, 0.15) is 29.3 Å². The summed E-state index contributed by atoms with van der Waals surface area (Å²) in [6, 6.07) is 12.6. The number of nitrogens with zero attached hydrogens (tertiary/aromatic N) is 2. The highest BCUT2D eigenvalue weighted by Crippen LogP contribution is 2.43. The van der Waals surface area contributed by atoms with Gasteiger partial charge in [-0.15, -0.1) is 0 Å². The van der Waals surface area contributed by atoms with Gasteiger partial charge in [0.2, 0.25) is 5.36 Å². The molecule has 2 N–H and O–H groups in total. The van der Waals surface area contributed by atoms with Gasteiger partial charge in [0.25, 0.3) is 20.2 Å². The van der Waals surface area contributed by atoms with E-state index in [1.807, 2.05) is 51.1 Å². The SMILES string of the molecule is CCN(CC)c1ccc2c(-c3ccc(S(=O)(=O)O)cc3S(=O)(=O)O)c3cc(C)c(=[N+](CC)CC)cc-3oc2c1. The summed E-state index contributed by atoms with van der Waals surface area (Å²) in [6.07, 6.45) is 0. The molecule has 0 spiro atoms. The van der Waals surface area contributed by atoms with E-state index in [2.05, 4.69) is 23.3 Å². The number of hydrogen-bond donors (Lipinski definition) is 2. The zero-order chi connectivity index (χ0) is 28.7. The molecule has 0 saturated heterocycles. The molecule has 11 heteroatoms. The molecule has 1 heterocycles. The summed E-state index contributed by atoms with van der Waals surface area (Å²) in [5, 5.41) is 1.55. The van der Waals surface area contributed by atoms with Crippen LogP contribution in [0.3, 0.4) is 0 Å². The Hall–Kier alpha value is -3.25. The highest BCUT2D eigenvalue weighted by atomic mass is 32.2. The highest BCUT2D eigenvalue weighted by Gasteiger charge is 2.27. The zero-order valence-corrected chi connectivity index (χ0v) is 24.2. The van der Waals surface area contributed by atoms with E-state index in [4.69, 9.17) is 4.42 Å². The van der Waals surface area contributed by atoms with E-state index in [9.17, 15) is 25.9 Å². The van der Waals surface area contributed by atoms with Crippen LogP contribution in [0.2, 0.25) is 0 Å². The number of anilines is 1. The monoisotopic (exact) mass is 573 g/mol. The van der Waals surface area contributed by atoms with E-state index in [0.29, 0.717) is 27.9 Å². The summed E-state index contributed by atoms with van der Waals surface area (Å²) in [5.74, 6) is 0.502. The molecule has 208 valence electrons. The molecular weight excluding hydrogens is 540 g/mol. The van der Waals surface area contributed by atoms with E-state index in [-0.39, 0.29) is 5.56 Å². The largest absolute Gasteiger partial charge is 0.456 e. The van der Waals surface area contributed by atoms with Crippen LogP contribution in [0.15, 0.2) is 62.7 Å². The predicted octanol–water partition coefficient (Wildman–Crippen LogP) is 4.66. The number of hydrogen-bond acceptors (Lipinski definition) is 6. The number of benzene rings is 3. The van der Waals surface area contributed by atoms with Gasteiger partial charge >= 0.3 is 0 Å². The Labute approximate surface area is 228 Å². The number of rotatable bonds is 8. The fourth-order valence-corrected chi connectivity index (χ4v) is 6.39. The molecule has 39 heavy (non-hydrogen) atoms. The molecule has 2 aromatic rings. The van der Waals surface area contributed by atoms with Crippen molar-refractivity contribution in [1.82, 2.24) is 4.58 Å². The van der Waals surface area contributed by atoms with Gasteiger partial charge in [0.15, 0.2) is 0 Å². The van der Waals surface area contributed by atoms with E-state index in [0.717, 1.165) is 54.9 Å². The smallest absolute Gasteiger partial charge is 0.295 e. The molecule has 1 aliphatic carbocycles. The molecule has 4 rings (SSSR count). The third kappa shape index (κ3) is 5.44. The molecular formula is C28H33N2O7S2+. The molecule has 1 aliphatic heterocycles. The Morgan fingerprint density at radius 2 is 1.49 bits per heavy atom. The normalized spacial score (nSPS) is 12.3. The molecule has 0 amide bonds. The van der Waals surface area contributed by atoms with Gasteiger partial charge in [-0.3, -0.25) is 9.11 Å². The Balaban J connectivity index is 2.23. The van der Waals surface area contributed by atoms with Crippen molar-refractivity contribution in [3.63, 3.8) is 0 Å². The minimum atomic E-state index is -4.89. The van der Waals surface area contributed by atoms with E-state index < -0.39 is 30.0 Å². The van der Waals surface area contributed by atoms with Crippen LogP contribution < -0.4 is 14.8 Å². The number of aryl methyl sites for hydroxylation is 1. The van der Waals surface area contributed by atoms with Gasteiger partial charge in [-0.2, -0.15) is 16.8 Å². The second-order valence-corrected chi connectivity index (χ2v) is 12.1. The van der Waals surface area contributed by atoms with Gasteiger partial charge in [-0.25, -0.2) is 4.58 Å². The summed E-state index contributed by atoms with van der Waals surface area (Å²) in [7, 11) is -9.62. The maximum Gasteiger partial charge on any atom is 0.295 e. The van der Waals surface area contributed by atoms with Gasteiger partial charge < -0.3 is 9.32 Å². The van der Waals surface area contributed by atoms with Crippen molar-refractivity contribution in [2.75, 3.05) is 31.1 Å². The fourth-order valence-electron chi connectivity index (χ4n) is 5.09. The first-order chi connectivity index (χ1) is 18.3. The molecule has 0 unspecified atom stereocenters. The van der Waals surface area contributed by atoms with Crippen LogP contribution in [0.25, 0.3) is 33.4 Å². The minimum Gasteiger partial charge on any atom is -0.456 e. The van der Waals surface area contributed by atoms with Crippen LogP contribution in [-0.2, 0) is 20.2 Å². The summed E-state index contributed by atoms with van der Waals surface area (Å²) in [6.45, 7) is 13.3. The minimum absolute atomic E-state index is 0.0845. The van der Waals surface area contributed by atoms with Crippen molar-refractivity contribution in [2.45, 2.75) is 44.4 Å². The topological polar surface area (TPSA) is 128 Å². The average Bonchev–Trinajstić information content (AvgIpc) is 2.88. The zero-order valence-electron chi connectivity index (χ0n) is 22.6. The highest BCUT2D eigenvalue weighted by molar-refractivity contribution is 7.86.